The molecule has 2 heterocycles. The summed E-state index contributed by atoms with van der Waals surface area (Å²) in [6.45, 7) is 6.57. The topological polar surface area (TPSA) is 80.4 Å². The molecule has 0 spiro atoms. The van der Waals surface area contributed by atoms with Crippen LogP contribution in [0.1, 0.15) is 57.9 Å². The normalized spacial score (nSPS) is 12.7. The van der Waals surface area contributed by atoms with Crippen molar-refractivity contribution in [3.05, 3.63) is 45.2 Å². The fourth-order valence-electron chi connectivity index (χ4n) is 3.38. The minimum absolute atomic E-state index is 0.0372. The minimum atomic E-state index is -0.250. The van der Waals surface area contributed by atoms with E-state index in [1.165, 1.54) is 6.92 Å². The van der Waals surface area contributed by atoms with Crippen LogP contribution in [0.5, 0.6) is 11.5 Å². The first-order valence-corrected chi connectivity index (χ1v) is 9.38. The molecule has 1 amide bonds. The zero-order valence-corrected chi connectivity index (χ0v) is 16.5. The Balaban J connectivity index is 1.80. The van der Waals surface area contributed by atoms with Crippen molar-refractivity contribution in [3.8, 4) is 11.5 Å². The van der Waals surface area contributed by atoms with Gasteiger partial charge in [-0.15, -0.1) is 0 Å². The summed E-state index contributed by atoms with van der Waals surface area (Å²) >= 11 is 6.24. The van der Waals surface area contributed by atoms with E-state index in [-0.39, 0.29) is 18.2 Å². The van der Waals surface area contributed by atoms with E-state index in [4.69, 9.17) is 21.1 Å². The molecular formula is C20H23ClN2O4. The van der Waals surface area contributed by atoms with E-state index < -0.39 is 0 Å². The molecule has 7 heteroatoms. The van der Waals surface area contributed by atoms with E-state index in [0.29, 0.717) is 47.4 Å². The van der Waals surface area contributed by atoms with Gasteiger partial charge in [0.1, 0.15) is 18.9 Å². The highest BCUT2D eigenvalue weighted by Crippen LogP contribution is 2.38. The maximum atomic E-state index is 12.7. The molecule has 2 aromatic rings. The highest BCUT2D eigenvalue weighted by Gasteiger charge is 2.22. The predicted octanol–water partition coefficient (Wildman–Crippen LogP) is 3.83. The number of ketones is 1. The van der Waals surface area contributed by atoms with E-state index in [2.05, 4.69) is 10.3 Å². The Hall–Kier alpha value is -2.47. The number of fused-ring (bicyclic) bond motifs is 1. The number of nitrogens with one attached hydrogen (secondary N) is 2. The molecule has 0 unspecified atom stereocenters. The van der Waals surface area contributed by atoms with Gasteiger partial charge in [-0.2, -0.15) is 0 Å². The Labute approximate surface area is 163 Å². The van der Waals surface area contributed by atoms with Gasteiger partial charge in [0.25, 0.3) is 5.91 Å². The number of Topliss-reactive ketones (excluding diaryl/α,β-unsaturated/α-hetero) is 1. The van der Waals surface area contributed by atoms with Crippen LogP contribution in [-0.2, 0) is 13.0 Å². The Morgan fingerprint density at radius 2 is 2.00 bits per heavy atom. The molecule has 27 heavy (non-hydrogen) atoms. The quantitative estimate of drug-likeness (QED) is 0.734. The first kappa shape index (κ1) is 19.3. The molecule has 0 radical (unpaired) electrons. The van der Waals surface area contributed by atoms with Gasteiger partial charge in [-0.05, 0) is 43.5 Å². The van der Waals surface area contributed by atoms with Gasteiger partial charge in [0.2, 0.25) is 0 Å². The maximum Gasteiger partial charge on any atom is 0.268 e. The van der Waals surface area contributed by atoms with E-state index in [0.717, 1.165) is 23.2 Å². The van der Waals surface area contributed by atoms with Gasteiger partial charge >= 0.3 is 0 Å². The lowest BCUT2D eigenvalue weighted by Gasteiger charge is -2.20. The number of aryl methyl sites for hydroxylation is 1. The second-order valence-electron chi connectivity index (χ2n) is 6.57. The maximum absolute atomic E-state index is 12.7. The van der Waals surface area contributed by atoms with Crippen LogP contribution in [0.3, 0.4) is 0 Å². The smallest absolute Gasteiger partial charge is 0.268 e. The highest BCUT2D eigenvalue weighted by molar-refractivity contribution is 6.32. The van der Waals surface area contributed by atoms with Crippen molar-refractivity contribution >= 4 is 23.3 Å². The summed E-state index contributed by atoms with van der Waals surface area (Å²) in [5.41, 5.74) is 3.37. The van der Waals surface area contributed by atoms with Gasteiger partial charge in [-0.3, -0.25) is 9.59 Å². The second-order valence-corrected chi connectivity index (χ2v) is 6.98. The minimum Gasteiger partial charge on any atom is -0.486 e. The van der Waals surface area contributed by atoms with Crippen LogP contribution in [0.15, 0.2) is 12.1 Å². The monoisotopic (exact) mass is 390 g/mol. The van der Waals surface area contributed by atoms with Crippen molar-refractivity contribution in [2.24, 2.45) is 0 Å². The number of ether oxygens (including phenoxy) is 2. The lowest BCUT2D eigenvalue weighted by molar-refractivity contribution is 0.0945. The van der Waals surface area contributed by atoms with Crippen molar-refractivity contribution < 1.29 is 19.1 Å². The predicted molar refractivity (Wildman–Crippen MR) is 103 cm³/mol. The molecule has 1 aromatic carbocycles. The largest absolute Gasteiger partial charge is 0.486 e. The number of rotatable bonds is 6. The summed E-state index contributed by atoms with van der Waals surface area (Å²) in [6, 6.07) is 3.57. The van der Waals surface area contributed by atoms with Crippen LogP contribution in [0.2, 0.25) is 5.02 Å². The fraction of sp³-hybridized carbons (Fsp3) is 0.400. The number of benzene rings is 1. The van der Waals surface area contributed by atoms with Crippen LogP contribution >= 0.6 is 11.6 Å². The highest BCUT2D eigenvalue weighted by atomic mass is 35.5. The molecule has 1 aromatic heterocycles. The number of hydrogen-bond acceptors (Lipinski definition) is 4. The summed E-state index contributed by atoms with van der Waals surface area (Å²) < 4.78 is 11.1. The van der Waals surface area contributed by atoms with Gasteiger partial charge in [0.15, 0.2) is 17.3 Å². The zero-order chi connectivity index (χ0) is 19.6. The zero-order valence-electron chi connectivity index (χ0n) is 15.7. The SMILES string of the molecule is CCCc1c(C(=O)NCc2cc(Cl)c3c(c2)OCCO3)[nH]c(C)c1C(C)=O. The van der Waals surface area contributed by atoms with Crippen molar-refractivity contribution in [1.82, 2.24) is 10.3 Å². The van der Waals surface area contributed by atoms with E-state index in [9.17, 15) is 9.59 Å². The molecule has 0 aliphatic carbocycles. The fourth-order valence-corrected chi connectivity index (χ4v) is 3.67. The Kier molecular flexibility index (Phi) is 5.75. The average Bonchev–Trinajstić information content (AvgIpc) is 2.96. The van der Waals surface area contributed by atoms with Gasteiger partial charge in [0, 0.05) is 17.8 Å². The Morgan fingerprint density at radius 3 is 2.70 bits per heavy atom. The molecule has 0 saturated carbocycles. The standard InChI is InChI=1S/C20H23ClN2O4/c1-4-5-14-17(12(3)24)11(2)23-18(14)20(25)22-10-13-8-15(21)19-16(9-13)26-6-7-27-19/h8-9,23H,4-7,10H2,1-3H3,(H,22,25). The molecule has 2 N–H and O–H groups in total. The molecule has 3 rings (SSSR count). The third-order valence-corrected chi connectivity index (χ3v) is 4.76. The molecular weight excluding hydrogens is 368 g/mol. The van der Waals surface area contributed by atoms with Gasteiger partial charge < -0.3 is 19.8 Å². The molecule has 6 nitrogen and oxygen atoms in total. The number of aromatic amines is 1. The number of amides is 1. The first-order chi connectivity index (χ1) is 12.9. The molecule has 1 aliphatic rings. The van der Waals surface area contributed by atoms with E-state index in [1.807, 2.05) is 19.9 Å². The number of H-pyrrole nitrogens is 1. The summed E-state index contributed by atoms with van der Waals surface area (Å²) in [6.07, 6.45) is 1.51. The van der Waals surface area contributed by atoms with E-state index in [1.54, 1.807) is 6.07 Å². The van der Waals surface area contributed by atoms with Crippen molar-refractivity contribution in [3.63, 3.8) is 0 Å². The molecule has 0 saturated heterocycles. The molecule has 0 fully saturated rings. The lowest BCUT2D eigenvalue weighted by atomic mass is 10.0. The van der Waals surface area contributed by atoms with Gasteiger partial charge in [-0.25, -0.2) is 0 Å². The summed E-state index contributed by atoms with van der Waals surface area (Å²) in [7, 11) is 0. The van der Waals surface area contributed by atoms with Crippen molar-refractivity contribution in [1.29, 1.82) is 0 Å². The van der Waals surface area contributed by atoms with Gasteiger partial charge in [0.05, 0.1) is 5.02 Å². The molecule has 1 aliphatic heterocycles. The Morgan fingerprint density at radius 1 is 1.26 bits per heavy atom. The van der Waals surface area contributed by atoms with Crippen molar-refractivity contribution in [2.75, 3.05) is 13.2 Å². The number of carbonyl (C=O) groups excluding carboxylic acids is 2. The molecule has 0 bridgehead atoms. The van der Waals surface area contributed by atoms with Crippen LogP contribution in [-0.4, -0.2) is 29.9 Å². The van der Waals surface area contributed by atoms with Crippen LogP contribution in [0, 0.1) is 6.92 Å². The first-order valence-electron chi connectivity index (χ1n) is 9.01. The van der Waals surface area contributed by atoms with Crippen LogP contribution in [0.25, 0.3) is 0 Å². The second kappa shape index (κ2) is 8.05. The number of carbonyl (C=O) groups is 2. The van der Waals surface area contributed by atoms with Crippen LogP contribution < -0.4 is 14.8 Å². The number of hydrogen-bond donors (Lipinski definition) is 2. The lowest BCUT2D eigenvalue weighted by Crippen LogP contribution is -2.24. The summed E-state index contributed by atoms with van der Waals surface area (Å²) in [5, 5.41) is 3.35. The molecule has 0 atom stereocenters. The summed E-state index contributed by atoms with van der Waals surface area (Å²) in [4.78, 5) is 27.8. The number of aromatic nitrogens is 1. The number of halogens is 1. The van der Waals surface area contributed by atoms with Crippen molar-refractivity contribution in [2.45, 2.75) is 40.2 Å². The van der Waals surface area contributed by atoms with Gasteiger partial charge in [-0.1, -0.05) is 24.9 Å². The third-order valence-electron chi connectivity index (χ3n) is 4.48. The molecule has 144 valence electrons. The van der Waals surface area contributed by atoms with E-state index >= 15 is 0 Å². The summed E-state index contributed by atoms with van der Waals surface area (Å²) in [5.74, 6) is 0.832. The average molecular weight is 391 g/mol. The van der Waals surface area contributed by atoms with Crippen LogP contribution in [0.4, 0.5) is 0 Å². The Bertz CT molecular complexity index is 889. The third kappa shape index (κ3) is 3.95.